The van der Waals surface area contributed by atoms with Crippen LogP contribution in [0.4, 0.5) is 0 Å². The summed E-state index contributed by atoms with van der Waals surface area (Å²) < 4.78 is 0. The fourth-order valence-electron chi connectivity index (χ4n) is 2.28. The minimum absolute atomic E-state index is 0. The number of rotatable bonds is 4. The van der Waals surface area contributed by atoms with Gasteiger partial charge in [0.05, 0.1) is 0 Å². The van der Waals surface area contributed by atoms with Gasteiger partial charge in [-0.15, -0.1) is 12.4 Å². The fourth-order valence-corrected chi connectivity index (χ4v) is 2.99. The van der Waals surface area contributed by atoms with E-state index in [4.69, 9.17) is 0 Å². The van der Waals surface area contributed by atoms with E-state index < -0.39 is 0 Å². The van der Waals surface area contributed by atoms with Crippen molar-refractivity contribution in [2.45, 2.75) is 31.7 Å². The lowest BCUT2D eigenvalue weighted by Gasteiger charge is -2.32. The van der Waals surface area contributed by atoms with Crippen LogP contribution in [0.2, 0.25) is 0 Å². The van der Waals surface area contributed by atoms with Gasteiger partial charge in [0, 0.05) is 25.6 Å². The van der Waals surface area contributed by atoms with E-state index in [1.807, 2.05) is 11.9 Å². The van der Waals surface area contributed by atoms with Crippen LogP contribution in [0, 0.1) is 0 Å². The Balaban J connectivity index is 0.00000162. The van der Waals surface area contributed by atoms with Crippen molar-refractivity contribution in [3.05, 3.63) is 22.4 Å². The van der Waals surface area contributed by atoms with Gasteiger partial charge in [-0.25, -0.2) is 0 Å². The molecule has 1 aromatic heterocycles. The third-order valence-corrected chi connectivity index (χ3v) is 4.12. The topological polar surface area (TPSA) is 32.3 Å². The molecule has 0 aliphatic carbocycles. The van der Waals surface area contributed by atoms with Crippen molar-refractivity contribution in [1.82, 2.24) is 10.2 Å². The van der Waals surface area contributed by atoms with Gasteiger partial charge in [0.15, 0.2) is 0 Å². The zero-order valence-corrected chi connectivity index (χ0v) is 12.4. The molecule has 1 amide bonds. The lowest BCUT2D eigenvalue weighted by molar-refractivity contribution is -0.132. The number of amides is 1. The highest BCUT2D eigenvalue weighted by molar-refractivity contribution is 7.07. The van der Waals surface area contributed by atoms with Crippen LogP contribution in [-0.4, -0.2) is 37.0 Å². The number of nitrogens with one attached hydrogen (secondary N) is 1. The van der Waals surface area contributed by atoms with Gasteiger partial charge in [-0.1, -0.05) is 0 Å². The Morgan fingerprint density at radius 2 is 2.44 bits per heavy atom. The first kappa shape index (κ1) is 15.5. The van der Waals surface area contributed by atoms with E-state index in [0.29, 0.717) is 18.4 Å². The molecular formula is C13H21ClN2OS. The first-order valence-electron chi connectivity index (χ1n) is 6.25. The number of nitrogens with zero attached hydrogens (tertiary/aromatic N) is 1. The number of carbonyl (C=O) groups is 1. The lowest BCUT2D eigenvalue weighted by Crippen LogP contribution is -2.47. The van der Waals surface area contributed by atoms with Crippen LogP contribution in [0.25, 0.3) is 0 Å². The first-order chi connectivity index (χ1) is 8.29. The summed E-state index contributed by atoms with van der Waals surface area (Å²) in [5.41, 5.74) is 1.28. The second-order valence-electron chi connectivity index (χ2n) is 4.60. The van der Waals surface area contributed by atoms with Crippen LogP contribution in [0.15, 0.2) is 16.8 Å². The van der Waals surface area contributed by atoms with Crippen molar-refractivity contribution < 1.29 is 4.79 Å². The summed E-state index contributed by atoms with van der Waals surface area (Å²) in [4.78, 5) is 14.1. The molecule has 1 atom stereocenters. The molecule has 0 saturated carbocycles. The van der Waals surface area contributed by atoms with Crippen LogP contribution in [-0.2, 0) is 11.2 Å². The van der Waals surface area contributed by atoms with Gasteiger partial charge >= 0.3 is 0 Å². The molecule has 2 heterocycles. The monoisotopic (exact) mass is 288 g/mol. The van der Waals surface area contributed by atoms with E-state index in [2.05, 4.69) is 22.1 Å². The first-order valence-corrected chi connectivity index (χ1v) is 7.20. The zero-order chi connectivity index (χ0) is 12.1. The Morgan fingerprint density at radius 1 is 1.61 bits per heavy atom. The van der Waals surface area contributed by atoms with Gasteiger partial charge in [0.2, 0.25) is 5.91 Å². The molecule has 102 valence electrons. The minimum atomic E-state index is 0. The summed E-state index contributed by atoms with van der Waals surface area (Å²) in [5.74, 6) is 0.302. The highest BCUT2D eigenvalue weighted by atomic mass is 35.5. The van der Waals surface area contributed by atoms with E-state index in [1.165, 1.54) is 12.0 Å². The summed E-state index contributed by atoms with van der Waals surface area (Å²) in [6, 6.07) is 2.58. The molecule has 1 unspecified atom stereocenters. The van der Waals surface area contributed by atoms with Crippen molar-refractivity contribution in [3.8, 4) is 0 Å². The number of carbonyl (C=O) groups excluding carboxylic acids is 1. The molecule has 1 saturated heterocycles. The maximum Gasteiger partial charge on any atom is 0.222 e. The number of likely N-dealkylation sites (tertiary alicyclic amines) is 1. The van der Waals surface area contributed by atoms with Crippen LogP contribution in [0.3, 0.4) is 0 Å². The third kappa shape index (κ3) is 4.26. The van der Waals surface area contributed by atoms with Gasteiger partial charge < -0.3 is 10.2 Å². The molecule has 0 radical (unpaired) electrons. The van der Waals surface area contributed by atoms with E-state index in [1.54, 1.807) is 11.3 Å². The highest BCUT2D eigenvalue weighted by Gasteiger charge is 2.21. The summed E-state index contributed by atoms with van der Waals surface area (Å²) >= 11 is 1.70. The minimum Gasteiger partial charge on any atom is -0.341 e. The van der Waals surface area contributed by atoms with Crippen LogP contribution < -0.4 is 5.32 Å². The van der Waals surface area contributed by atoms with Gasteiger partial charge in [0.1, 0.15) is 0 Å². The van der Waals surface area contributed by atoms with Gasteiger partial charge in [0.25, 0.3) is 0 Å². The molecule has 0 spiro atoms. The van der Waals surface area contributed by atoms with Gasteiger partial charge in [-0.2, -0.15) is 11.3 Å². The van der Waals surface area contributed by atoms with Gasteiger partial charge in [-0.05, 0) is 48.7 Å². The van der Waals surface area contributed by atoms with Gasteiger partial charge in [-0.3, -0.25) is 4.79 Å². The lowest BCUT2D eigenvalue weighted by atomic mass is 10.0. The molecule has 0 bridgehead atoms. The standard InChI is InChI=1S/C13H20N2OS.ClH/c1-14-12-3-2-7-15(9-12)13(16)5-4-11-6-8-17-10-11;/h6,8,10,12,14H,2-5,7,9H2,1H3;1H. The third-order valence-electron chi connectivity index (χ3n) is 3.39. The second kappa shape index (κ2) is 7.77. The Morgan fingerprint density at radius 3 is 3.11 bits per heavy atom. The molecule has 0 aromatic carbocycles. The largest absolute Gasteiger partial charge is 0.341 e. The van der Waals surface area contributed by atoms with Crippen molar-refractivity contribution in [2.75, 3.05) is 20.1 Å². The van der Waals surface area contributed by atoms with E-state index in [0.717, 1.165) is 25.9 Å². The van der Waals surface area contributed by atoms with Crippen molar-refractivity contribution in [1.29, 1.82) is 0 Å². The highest BCUT2D eigenvalue weighted by Crippen LogP contribution is 2.13. The molecule has 5 heteroatoms. The normalized spacial score (nSPS) is 19.4. The number of thiophene rings is 1. The molecule has 1 aliphatic rings. The quantitative estimate of drug-likeness (QED) is 0.922. The molecule has 1 aromatic rings. The average molecular weight is 289 g/mol. The predicted molar refractivity (Wildman–Crippen MR) is 78.5 cm³/mol. The molecule has 3 nitrogen and oxygen atoms in total. The second-order valence-corrected chi connectivity index (χ2v) is 5.38. The predicted octanol–water partition coefficient (Wildman–Crippen LogP) is 2.31. The maximum atomic E-state index is 12.1. The van der Waals surface area contributed by atoms with Crippen LogP contribution >= 0.6 is 23.7 Å². The number of aryl methyl sites for hydroxylation is 1. The summed E-state index contributed by atoms with van der Waals surface area (Å²) in [6.45, 7) is 1.81. The van der Waals surface area contributed by atoms with Crippen molar-refractivity contribution >= 4 is 29.7 Å². The zero-order valence-electron chi connectivity index (χ0n) is 10.7. The average Bonchev–Trinajstić information content (AvgIpc) is 2.89. The number of piperidine rings is 1. The Kier molecular flexibility index (Phi) is 6.68. The van der Waals surface area contributed by atoms with Crippen LogP contribution in [0.1, 0.15) is 24.8 Å². The summed E-state index contributed by atoms with van der Waals surface area (Å²) in [5, 5.41) is 7.46. The molecule has 1 fully saturated rings. The van der Waals surface area contributed by atoms with E-state index >= 15 is 0 Å². The Bertz CT molecular complexity index is 356. The van der Waals surface area contributed by atoms with Crippen molar-refractivity contribution in [3.63, 3.8) is 0 Å². The molecular weight excluding hydrogens is 268 g/mol. The number of halogens is 1. The van der Waals surface area contributed by atoms with E-state index in [-0.39, 0.29) is 12.4 Å². The molecule has 1 aliphatic heterocycles. The summed E-state index contributed by atoms with van der Waals surface area (Å²) in [6.07, 6.45) is 3.83. The molecule has 18 heavy (non-hydrogen) atoms. The van der Waals surface area contributed by atoms with Crippen molar-refractivity contribution in [2.24, 2.45) is 0 Å². The Hall–Kier alpha value is -0.580. The number of hydrogen-bond donors (Lipinski definition) is 1. The van der Waals surface area contributed by atoms with Crippen LogP contribution in [0.5, 0.6) is 0 Å². The Labute approximate surface area is 119 Å². The summed E-state index contributed by atoms with van der Waals surface area (Å²) in [7, 11) is 1.98. The number of hydrogen-bond acceptors (Lipinski definition) is 3. The number of likely N-dealkylation sites (N-methyl/N-ethyl adjacent to an activating group) is 1. The van der Waals surface area contributed by atoms with E-state index in [9.17, 15) is 4.79 Å². The maximum absolute atomic E-state index is 12.1. The smallest absolute Gasteiger partial charge is 0.222 e. The SMILES string of the molecule is CNC1CCCN(C(=O)CCc2ccsc2)C1.Cl. The molecule has 2 rings (SSSR count). The fraction of sp³-hybridized carbons (Fsp3) is 0.615. The molecule has 1 N–H and O–H groups in total.